The summed E-state index contributed by atoms with van der Waals surface area (Å²) in [6, 6.07) is 0. The molecule has 5 nitrogen and oxygen atoms in total. The Morgan fingerprint density at radius 2 is 2.46 bits per heavy atom. The molecule has 13 heavy (non-hydrogen) atoms. The number of aliphatic hydroxyl groups is 1. The van der Waals surface area contributed by atoms with Gasteiger partial charge in [0, 0.05) is 13.6 Å². The van der Waals surface area contributed by atoms with E-state index >= 15 is 0 Å². The van der Waals surface area contributed by atoms with Crippen LogP contribution in [0.4, 0.5) is 5.69 Å². The summed E-state index contributed by atoms with van der Waals surface area (Å²) < 4.78 is 0. The average molecular weight is 204 g/mol. The van der Waals surface area contributed by atoms with Crippen LogP contribution in [0.2, 0.25) is 5.02 Å². The number of aromatic amines is 1. The van der Waals surface area contributed by atoms with Crippen LogP contribution in [0.15, 0.2) is 11.0 Å². The first kappa shape index (κ1) is 10.0. The van der Waals surface area contributed by atoms with Gasteiger partial charge in [-0.1, -0.05) is 11.6 Å². The van der Waals surface area contributed by atoms with Crippen LogP contribution in [0.3, 0.4) is 0 Å². The quantitative estimate of drug-likeness (QED) is 0.717. The van der Waals surface area contributed by atoms with Gasteiger partial charge in [0.15, 0.2) is 0 Å². The van der Waals surface area contributed by atoms with Gasteiger partial charge in [0.1, 0.15) is 5.69 Å². The third kappa shape index (κ3) is 2.19. The Labute approximate surface area is 80.0 Å². The zero-order chi connectivity index (χ0) is 9.84. The van der Waals surface area contributed by atoms with Gasteiger partial charge >= 0.3 is 0 Å². The highest BCUT2D eigenvalue weighted by Crippen LogP contribution is 2.17. The van der Waals surface area contributed by atoms with Crippen molar-refractivity contribution in [3.8, 4) is 0 Å². The fourth-order valence-corrected chi connectivity index (χ4v) is 1.27. The predicted molar refractivity (Wildman–Crippen MR) is 50.2 cm³/mol. The first-order chi connectivity index (χ1) is 6.16. The fourth-order valence-electron chi connectivity index (χ4n) is 0.988. The fraction of sp³-hybridized carbons (Fsp3) is 0.429. The molecule has 0 saturated carbocycles. The molecule has 0 aliphatic heterocycles. The number of aromatic nitrogens is 2. The molecule has 1 heterocycles. The number of hydrogen-bond acceptors (Lipinski definition) is 4. The largest absolute Gasteiger partial charge is 0.395 e. The maximum atomic E-state index is 11.2. The Morgan fingerprint density at radius 3 is 3.00 bits per heavy atom. The number of rotatable bonds is 3. The lowest BCUT2D eigenvalue weighted by Crippen LogP contribution is -2.28. The van der Waals surface area contributed by atoms with E-state index in [1.165, 1.54) is 6.20 Å². The van der Waals surface area contributed by atoms with Gasteiger partial charge in [-0.25, -0.2) is 5.10 Å². The lowest BCUT2D eigenvalue weighted by molar-refractivity contribution is 0.304. The van der Waals surface area contributed by atoms with Gasteiger partial charge < -0.3 is 10.0 Å². The number of hydrogen-bond donors (Lipinski definition) is 2. The molecule has 1 aromatic rings. The zero-order valence-corrected chi connectivity index (χ0v) is 7.88. The Morgan fingerprint density at radius 1 is 1.77 bits per heavy atom. The molecule has 0 atom stereocenters. The highest BCUT2D eigenvalue weighted by atomic mass is 35.5. The van der Waals surface area contributed by atoms with Gasteiger partial charge in [-0.15, -0.1) is 0 Å². The summed E-state index contributed by atoms with van der Waals surface area (Å²) in [5.41, 5.74) is -0.0332. The normalized spacial score (nSPS) is 10.1. The molecular formula is C7H10ClN3O2. The third-order valence-electron chi connectivity index (χ3n) is 1.60. The predicted octanol–water partition coefficient (Wildman–Crippen LogP) is -0.148. The van der Waals surface area contributed by atoms with E-state index in [0.717, 1.165) is 0 Å². The van der Waals surface area contributed by atoms with E-state index in [1.54, 1.807) is 11.9 Å². The van der Waals surface area contributed by atoms with Crippen molar-refractivity contribution >= 4 is 17.3 Å². The van der Waals surface area contributed by atoms with Crippen molar-refractivity contribution in [1.82, 2.24) is 10.2 Å². The van der Waals surface area contributed by atoms with E-state index in [9.17, 15) is 4.79 Å². The van der Waals surface area contributed by atoms with Crippen LogP contribution >= 0.6 is 11.6 Å². The van der Waals surface area contributed by atoms with Gasteiger partial charge in [0.05, 0.1) is 17.8 Å². The van der Waals surface area contributed by atoms with Crippen molar-refractivity contribution < 1.29 is 5.11 Å². The highest BCUT2D eigenvalue weighted by molar-refractivity contribution is 6.33. The first-order valence-corrected chi connectivity index (χ1v) is 4.09. The topological polar surface area (TPSA) is 69.2 Å². The first-order valence-electron chi connectivity index (χ1n) is 3.72. The molecule has 0 fully saturated rings. The summed E-state index contributed by atoms with van der Waals surface area (Å²) in [5.74, 6) is 0. The van der Waals surface area contributed by atoms with E-state index in [4.69, 9.17) is 16.7 Å². The minimum atomic E-state index is -0.358. The van der Waals surface area contributed by atoms with Crippen molar-refractivity contribution in [2.75, 3.05) is 25.1 Å². The average Bonchev–Trinajstić information content (AvgIpc) is 2.04. The van der Waals surface area contributed by atoms with Gasteiger partial charge in [-0.2, -0.15) is 5.10 Å². The van der Waals surface area contributed by atoms with Crippen molar-refractivity contribution in [1.29, 1.82) is 0 Å². The summed E-state index contributed by atoms with van der Waals surface area (Å²) in [5, 5.41) is 14.7. The minimum Gasteiger partial charge on any atom is -0.395 e. The summed E-state index contributed by atoms with van der Waals surface area (Å²) in [6.45, 7) is 0.321. The Bertz CT molecular complexity index is 339. The minimum absolute atomic E-state index is 0.0331. The standard InChI is InChI=1S/C7H10ClN3O2/c1-11(2-3-12)6-5(8)4-9-10-7(6)13/h4,12H,2-3H2,1H3,(H,10,13). The van der Waals surface area contributed by atoms with Crippen LogP contribution in [0.25, 0.3) is 0 Å². The molecule has 72 valence electrons. The van der Waals surface area contributed by atoms with E-state index in [0.29, 0.717) is 12.2 Å². The van der Waals surface area contributed by atoms with Crippen molar-refractivity contribution in [2.24, 2.45) is 0 Å². The Kier molecular flexibility index (Phi) is 3.27. The highest BCUT2D eigenvalue weighted by Gasteiger charge is 2.09. The number of anilines is 1. The molecule has 1 aromatic heterocycles. The molecule has 0 unspecified atom stereocenters. The van der Waals surface area contributed by atoms with Crippen LogP contribution in [-0.2, 0) is 0 Å². The van der Waals surface area contributed by atoms with Crippen LogP contribution in [-0.4, -0.2) is 35.5 Å². The van der Waals surface area contributed by atoms with E-state index in [2.05, 4.69) is 10.2 Å². The molecule has 0 saturated heterocycles. The second-order valence-corrected chi connectivity index (χ2v) is 2.95. The number of aliphatic hydroxyl groups excluding tert-OH is 1. The molecule has 0 radical (unpaired) electrons. The van der Waals surface area contributed by atoms with E-state index < -0.39 is 0 Å². The molecule has 0 aliphatic rings. The van der Waals surface area contributed by atoms with E-state index in [-0.39, 0.29) is 17.2 Å². The van der Waals surface area contributed by atoms with Crippen molar-refractivity contribution in [3.63, 3.8) is 0 Å². The van der Waals surface area contributed by atoms with Crippen LogP contribution in [0.1, 0.15) is 0 Å². The SMILES string of the molecule is CN(CCO)c1c(Cl)cn[nH]c1=O. The third-order valence-corrected chi connectivity index (χ3v) is 1.88. The second kappa shape index (κ2) is 4.25. The molecule has 0 spiro atoms. The molecular weight excluding hydrogens is 194 g/mol. The molecule has 6 heteroatoms. The number of H-pyrrole nitrogens is 1. The van der Waals surface area contributed by atoms with Crippen LogP contribution < -0.4 is 10.5 Å². The summed E-state index contributed by atoms with van der Waals surface area (Å²) in [7, 11) is 1.67. The lowest BCUT2D eigenvalue weighted by Gasteiger charge is -2.16. The molecule has 0 amide bonds. The van der Waals surface area contributed by atoms with Gasteiger partial charge in [0.25, 0.3) is 5.56 Å². The number of nitrogens with one attached hydrogen (secondary N) is 1. The van der Waals surface area contributed by atoms with Gasteiger partial charge in [-0.05, 0) is 0 Å². The Balaban J connectivity index is 3.05. The molecule has 0 aliphatic carbocycles. The molecule has 1 rings (SSSR count). The maximum Gasteiger partial charge on any atom is 0.289 e. The molecule has 0 aromatic carbocycles. The smallest absolute Gasteiger partial charge is 0.289 e. The van der Waals surface area contributed by atoms with Crippen molar-refractivity contribution in [2.45, 2.75) is 0 Å². The van der Waals surface area contributed by atoms with Gasteiger partial charge in [-0.3, -0.25) is 4.79 Å². The number of likely N-dealkylation sites (N-methyl/N-ethyl adjacent to an activating group) is 1. The lowest BCUT2D eigenvalue weighted by atomic mass is 10.4. The van der Waals surface area contributed by atoms with Crippen molar-refractivity contribution in [3.05, 3.63) is 21.6 Å². The van der Waals surface area contributed by atoms with Crippen LogP contribution in [0.5, 0.6) is 0 Å². The van der Waals surface area contributed by atoms with E-state index in [1.807, 2.05) is 0 Å². The molecule has 2 N–H and O–H groups in total. The summed E-state index contributed by atoms with van der Waals surface area (Å²) >= 11 is 5.75. The summed E-state index contributed by atoms with van der Waals surface area (Å²) in [4.78, 5) is 12.8. The number of nitrogens with zero attached hydrogens (tertiary/aromatic N) is 2. The summed E-state index contributed by atoms with van der Waals surface area (Å²) in [6.07, 6.45) is 1.35. The second-order valence-electron chi connectivity index (χ2n) is 2.54. The zero-order valence-electron chi connectivity index (χ0n) is 7.12. The Hall–Kier alpha value is -1.07. The van der Waals surface area contributed by atoms with Crippen LogP contribution in [0, 0.1) is 0 Å². The molecule has 0 bridgehead atoms. The maximum absolute atomic E-state index is 11.2. The van der Waals surface area contributed by atoms with Gasteiger partial charge in [0.2, 0.25) is 0 Å². The number of halogens is 1. The monoisotopic (exact) mass is 203 g/mol.